The van der Waals surface area contributed by atoms with E-state index in [0.717, 1.165) is 12.4 Å². The number of hydrogen-bond donors (Lipinski definition) is 2. The number of rotatable bonds is 6. The van der Waals surface area contributed by atoms with Gasteiger partial charge in [0.05, 0.1) is 12.6 Å². The Morgan fingerprint density at radius 1 is 1.56 bits per heavy atom. The van der Waals surface area contributed by atoms with Crippen LogP contribution in [0.15, 0.2) is 6.33 Å². The molecule has 2 N–H and O–H groups in total. The van der Waals surface area contributed by atoms with Crippen molar-refractivity contribution in [1.82, 2.24) is 25.4 Å². The fourth-order valence-corrected chi connectivity index (χ4v) is 1.34. The summed E-state index contributed by atoms with van der Waals surface area (Å²) >= 11 is 0. The average molecular weight is 225 g/mol. The standard InChI is InChI=1S/C10H19N5O/c1-4-11-10(16)8(3)12-6-9-14-13-7-15(9)5-2/h7-8,12H,4-6H2,1-3H3,(H,11,16). The number of nitrogens with one attached hydrogen (secondary N) is 2. The Balaban J connectivity index is 2.42. The number of likely N-dealkylation sites (N-methyl/N-ethyl adjacent to an activating group) is 1. The number of carbonyl (C=O) groups is 1. The molecular weight excluding hydrogens is 206 g/mol. The molecule has 0 aromatic carbocycles. The Labute approximate surface area is 95.4 Å². The molecule has 0 radical (unpaired) electrons. The van der Waals surface area contributed by atoms with Crippen molar-refractivity contribution in [3.05, 3.63) is 12.2 Å². The molecule has 1 amide bonds. The number of aromatic nitrogens is 3. The van der Waals surface area contributed by atoms with Crippen molar-refractivity contribution >= 4 is 5.91 Å². The molecule has 1 rings (SSSR count). The van der Waals surface area contributed by atoms with Crippen molar-refractivity contribution in [3.63, 3.8) is 0 Å². The van der Waals surface area contributed by atoms with Gasteiger partial charge in [0, 0.05) is 13.1 Å². The van der Waals surface area contributed by atoms with Crippen LogP contribution in [0.25, 0.3) is 0 Å². The molecule has 0 fully saturated rings. The minimum Gasteiger partial charge on any atom is -0.355 e. The lowest BCUT2D eigenvalue weighted by atomic mass is 10.3. The molecule has 0 aliphatic rings. The first-order valence-electron chi connectivity index (χ1n) is 5.56. The van der Waals surface area contributed by atoms with Crippen LogP contribution in [0.4, 0.5) is 0 Å². The predicted molar refractivity (Wildman–Crippen MR) is 60.7 cm³/mol. The second-order valence-electron chi connectivity index (χ2n) is 3.53. The second kappa shape index (κ2) is 6.22. The number of nitrogens with zero attached hydrogens (tertiary/aromatic N) is 3. The van der Waals surface area contributed by atoms with E-state index in [1.807, 2.05) is 25.3 Å². The summed E-state index contributed by atoms with van der Waals surface area (Å²) in [5.74, 6) is 0.851. The first-order valence-corrected chi connectivity index (χ1v) is 5.56. The summed E-state index contributed by atoms with van der Waals surface area (Å²) in [4.78, 5) is 11.4. The quantitative estimate of drug-likeness (QED) is 0.710. The van der Waals surface area contributed by atoms with Gasteiger partial charge < -0.3 is 9.88 Å². The van der Waals surface area contributed by atoms with Crippen molar-refractivity contribution in [1.29, 1.82) is 0 Å². The van der Waals surface area contributed by atoms with Gasteiger partial charge in [0.15, 0.2) is 0 Å². The molecule has 0 spiro atoms. The number of amides is 1. The molecule has 16 heavy (non-hydrogen) atoms. The molecule has 0 saturated carbocycles. The summed E-state index contributed by atoms with van der Waals surface area (Å²) in [5, 5.41) is 13.7. The van der Waals surface area contributed by atoms with Gasteiger partial charge in [-0.2, -0.15) is 0 Å². The first kappa shape index (κ1) is 12.6. The highest BCUT2D eigenvalue weighted by atomic mass is 16.2. The molecule has 1 aromatic heterocycles. The van der Waals surface area contributed by atoms with Crippen LogP contribution in [0.5, 0.6) is 0 Å². The van der Waals surface area contributed by atoms with Gasteiger partial charge in [0.1, 0.15) is 12.2 Å². The highest BCUT2D eigenvalue weighted by Gasteiger charge is 2.12. The summed E-state index contributed by atoms with van der Waals surface area (Å²) < 4.78 is 1.94. The number of hydrogen-bond acceptors (Lipinski definition) is 4. The van der Waals surface area contributed by atoms with Crippen molar-refractivity contribution in [2.24, 2.45) is 0 Å². The highest BCUT2D eigenvalue weighted by molar-refractivity contribution is 5.81. The Kier molecular flexibility index (Phi) is 4.91. The number of aryl methyl sites for hydroxylation is 1. The van der Waals surface area contributed by atoms with E-state index in [1.165, 1.54) is 0 Å². The van der Waals surface area contributed by atoms with Gasteiger partial charge in [-0.15, -0.1) is 10.2 Å². The van der Waals surface area contributed by atoms with Crippen LogP contribution < -0.4 is 10.6 Å². The van der Waals surface area contributed by atoms with Gasteiger partial charge in [-0.1, -0.05) is 0 Å². The molecule has 0 aliphatic carbocycles. The molecule has 0 saturated heterocycles. The smallest absolute Gasteiger partial charge is 0.236 e. The minimum atomic E-state index is -0.220. The van der Waals surface area contributed by atoms with Crippen LogP contribution in [0.3, 0.4) is 0 Å². The van der Waals surface area contributed by atoms with Crippen molar-refractivity contribution in [2.75, 3.05) is 6.54 Å². The molecular formula is C10H19N5O. The zero-order chi connectivity index (χ0) is 12.0. The zero-order valence-electron chi connectivity index (χ0n) is 10.0. The van der Waals surface area contributed by atoms with E-state index in [9.17, 15) is 4.79 Å². The summed E-state index contributed by atoms with van der Waals surface area (Å²) in [5.41, 5.74) is 0. The lowest BCUT2D eigenvalue weighted by Gasteiger charge is -2.12. The first-order chi connectivity index (χ1) is 7.69. The van der Waals surface area contributed by atoms with E-state index >= 15 is 0 Å². The largest absolute Gasteiger partial charge is 0.355 e. The maximum absolute atomic E-state index is 11.4. The highest BCUT2D eigenvalue weighted by Crippen LogP contribution is 1.95. The SMILES string of the molecule is CCNC(=O)C(C)NCc1nncn1CC. The van der Waals surface area contributed by atoms with Gasteiger partial charge in [-0.3, -0.25) is 10.1 Å². The maximum atomic E-state index is 11.4. The van der Waals surface area contributed by atoms with Crippen LogP contribution in [-0.2, 0) is 17.9 Å². The normalized spacial score (nSPS) is 12.4. The molecule has 6 nitrogen and oxygen atoms in total. The van der Waals surface area contributed by atoms with Gasteiger partial charge in [0.25, 0.3) is 0 Å². The molecule has 0 bridgehead atoms. The van der Waals surface area contributed by atoms with E-state index < -0.39 is 0 Å². The van der Waals surface area contributed by atoms with Crippen LogP contribution >= 0.6 is 0 Å². The number of carbonyl (C=O) groups excluding carboxylic acids is 1. The Morgan fingerprint density at radius 3 is 2.94 bits per heavy atom. The summed E-state index contributed by atoms with van der Waals surface area (Å²) in [6.07, 6.45) is 1.69. The fourth-order valence-electron chi connectivity index (χ4n) is 1.34. The average Bonchev–Trinajstić information content (AvgIpc) is 2.73. The second-order valence-corrected chi connectivity index (χ2v) is 3.53. The van der Waals surface area contributed by atoms with Crippen LogP contribution in [-0.4, -0.2) is 33.3 Å². The monoisotopic (exact) mass is 225 g/mol. The Hall–Kier alpha value is -1.43. The Bertz CT molecular complexity index is 336. The van der Waals surface area contributed by atoms with E-state index in [2.05, 4.69) is 20.8 Å². The van der Waals surface area contributed by atoms with E-state index in [0.29, 0.717) is 13.1 Å². The Morgan fingerprint density at radius 2 is 2.31 bits per heavy atom. The topological polar surface area (TPSA) is 71.8 Å². The predicted octanol–water partition coefficient (Wildman–Crippen LogP) is -0.0878. The third-order valence-electron chi connectivity index (χ3n) is 2.35. The molecule has 90 valence electrons. The van der Waals surface area contributed by atoms with Gasteiger partial charge in [0.2, 0.25) is 5.91 Å². The summed E-state index contributed by atoms with van der Waals surface area (Å²) in [6.45, 7) is 7.79. The third kappa shape index (κ3) is 3.30. The molecule has 1 unspecified atom stereocenters. The molecule has 6 heteroatoms. The maximum Gasteiger partial charge on any atom is 0.236 e. The fraction of sp³-hybridized carbons (Fsp3) is 0.700. The van der Waals surface area contributed by atoms with E-state index in [-0.39, 0.29) is 11.9 Å². The molecule has 1 aromatic rings. The summed E-state index contributed by atoms with van der Waals surface area (Å²) in [6, 6.07) is -0.220. The van der Waals surface area contributed by atoms with Gasteiger partial charge >= 0.3 is 0 Å². The van der Waals surface area contributed by atoms with Crippen molar-refractivity contribution in [2.45, 2.75) is 39.9 Å². The summed E-state index contributed by atoms with van der Waals surface area (Å²) in [7, 11) is 0. The molecule has 1 atom stereocenters. The van der Waals surface area contributed by atoms with Crippen molar-refractivity contribution in [3.8, 4) is 0 Å². The van der Waals surface area contributed by atoms with Crippen LogP contribution in [0.2, 0.25) is 0 Å². The van der Waals surface area contributed by atoms with E-state index in [1.54, 1.807) is 6.33 Å². The van der Waals surface area contributed by atoms with Crippen LogP contribution in [0.1, 0.15) is 26.6 Å². The van der Waals surface area contributed by atoms with Crippen molar-refractivity contribution < 1.29 is 4.79 Å². The lowest BCUT2D eigenvalue weighted by Crippen LogP contribution is -2.42. The van der Waals surface area contributed by atoms with Gasteiger partial charge in [-0.05, 0) is 20.8 Å². The van der Waals surface area contributed by atoms with E-state index in [4.69, 9.17) is 0 Å². The lowest BCUT2D eigenvalue weighted by molar-refractivity contribution is -0.122. The molecule has 1 heterocycles. The minimum absolute atomic E-state index is 0.00469. The van der Waals surface area contributed by atoms with Crippen LogP contribution in [0, 0.1) is 0 Å². The third-order valence-corrected chi connectivity index (χ3v) is 2.35. The molecule has 0 aliphatic heterocycles. The zero-order valence-corrected chi connectivity index (χ0v) is 10.0. The van der Waals surface area contributed by atoms with Gasteiger partial charge in [-0.25, -0.2) is 0 Å².